The van der Waals surface area contributed by atoms with Crippen LogP contribution in [0.2, 0.25) is 0 Å². The first-order chi connectivity index (χ1) is 7.08. The van der Waals surface area contributed by atoms with E-state index in [1.807, 2.05) is 32.6 Å². The van der Waals surface area contributed by atoms with Gasteiger partial charge in [0.2, 0.25) is 5.91 Å². The van der Waals surface area contributed by atoms with E-state index in [1.165, 1.54) is 0 Å². The molecular formula is C12H22N2O. The van der Waals surface area contributed by atoms with Crippen molar-refractivity contribution in [1.82, 2.24) is 4.90 Å². The Labute approximate surface area is 93.1 Å². The fourth-order valence-electron chi connectivity index (χ4n) is 1.56. The van der Waals surface area contributed by atoms with Crippen LogP contribution in [-0.2, 0) is 4.79 Å². The molecule has 0 aliphatic rings. The summed E-state index contributed by atoms with van der Waals surface area (Å²) >= 11 is 0. The van der Waals surface area contributed by atoms with Crippen molar-refractivity contribution >= 4 is 5.91 Å². The van der Waals surface area contributed by atoms with Gasteiger partial charge in [0.05, 0.1) is 6.07 Å². The van der Waals surface area contributed by atoms with E-state index in [2.05, 4.69) is 6.07 Å². The molecule has 0 N–H and O–H groups in total. The van der Waals surface area contributed by atoms with Crippen molar-refractivity contribution in [3.05, 3.63) is 0 Å². The van der Waals surface area contributed by atoms with E-state index in [0.717, 1.165) is 25.9 Å². The fraction of sp³-hybridized carbons (Fsp3) is 0.833. The maximum atomic E-state index is 12.0. The Balaban J connectivity index is 4.53. The highest BCUT2D eigenvalue weighted by Crippen LogP contribution is 2.14. The third-order valence-electron chi connectivity index (χ3n) is 2.37. The summed E-state index contributed by atoms with van der Waals surface area (Å²) in [6, 6.07) is 2.11. The van der Waals surface area contributed by atoms with Gasteiger partial charge in [-0.15, -0.1) is 0 Å². The Hall–Kier alpha value is -1.04. The van der Waals surface area contributed by atoms with Crippen LogP contribution in [0.15, 0.2) is 0 Å². The van der Waals surface area contributed by atoms with Crippen molar-refractivity contribution < 1.29 is 4.79 Å². The smallest absolute Gasteiger partial charge is 0.240 e. The number of hydrogen-bond acceptors (Lipinski definition) is 2. The summed E-state index contributed by atoms with van der Waals surface area (Å²) in [7, 11) is 0. The number of nitrogens with zero attached hydrogens (tertiary/aromatic N) is 2. The highest BCUT2D eigenvalue weighted by atomic mass is 16.2. The van der Waals surface area contributed by atoms with Crippen LogP contribution in [0.1, 0.15) is 40.5 Å². The minimum atomic E-state index is -0.483. The highest BCUT2D eigenvalue weighted by Gasteiger charge is 2.25. The van der Waals surface area contributed by atoms with E-state index in [9.17, 15) is 4.79 Å². The van der Waals surface area contributed by atoms with Gasteiger partial charge in [0, 0.05) is 13.1 Å². The van der Waals surface area contributed by atoms with Gasteiger partial charge in [-0.3, -0.25) is 4.79 Å². The molecule has 0 aliphatic heterocycles. The Bertz CT molecular complexity index is 224. The summed E-state index contributed by atoms with van der Waals surface area (Å²) in [6.45, 7) is 9.46. The molecule has 0 aliphatic carbocycles. The second kappa shape index (κ2) is 7.28. The van der Waals surface area contributed by atoms with E-state index in [-0.39, 0.29) is 11.8 Å². The lowest BCUT2D eigenvalue weighted by Crippen LogP contribution is -2.38. The topological polar surface area (TPSA) is 44.1 Å². The first kappa shape index (κ1) is 14.0. The minimum absolute atomic E-state index is 0.00352. The number of nitriles is 1. The van der Waals surface area contributed by atoms with Gasteiger partial charge in [-0.1, -0.05) is 27.7 Å². The van der Waals surface area contributed by atoms with Crippen LogP contribution in [0.3, 0.4) is 0 Å². The van der Waals surface area contributed by atoms with Gasteiger partial charge in [-0.25, -0.2) is 0 Å². The Kier molecular flexibility index (Phi) is 6.77. The average molecular weight is 210 g/mol. The number of amides is 1. The van der Waals surface area contributed by atoms with Crippen molar-refractivity contribution in [2.45, 2.75) is 40.5 Å². The molecule has 0 rings (SSSR count). The van der Waals surface area contributed by atoms with Crippen LogP contribution in [0.25, 0.3) is 0 Å². The summed E-state index contributed by atoms with van der Waals surface area (Å²) in [5.74, 6) is -0.391. The molecule has 0 saturated carbocycles. The van der Waals surface area contributed by atoms with Crippen LogP contribution in [-0.4, -0.2) is 23.9 Å². The van der Waals surface area contributed by atoms with Crippen LogP contribution >= 0.6 is 0 Å². The van der Waals surface area contributed by atoms with E-state index >= 15 is 0 Å². The zero-order chi connectivity index (χ0) is 11.8. The number of hydrogen-bond donors (Lipinski definition) is 0. The molecule has 3 nitrogen and oxygen atoms in total. The van der Waals surface area contributed by atoms with E-state index in [0.29, 0.717) is 0 Å². The second-order valence-electron chi connectivity index (χ2n) is 4.18. The molecule has 0 bridgehead atoms. The molecule has 1 unspecified atom stereocenters. The van der Waals surface area contributed by atoms with Crippen LogP contribution in [0, 0.1) is 23.2 Å². The number of carbonyl (C=O) groups is 1. The third-order valence-corrected chi connectivity index (χ3v) is 2.37. The molecule has 0 spiro atoms. The first-order valence-corrected chi connectivity index (χ1v) is 5.76. The summed E-state index contributed by atoms with van der Waals surface area (Å²) in [5.41, 5.74) is 0. The third kappa shape index (κ3) is 4.33. The van der Waals surface area contributed by atoms with E-state index in [4.69, 9.17) is 5.26 Å². The molecule has 0 aromatic rings. The average Bonchev–Trinajstić information content (AvgIpc) is 2.17. The normalized spacial score (nSPS) is 12.3. The van der Waals surface area contributed by atoms with Gasteiger partial charge in [0.25, 0.3) is 0 Å². The molecule has 0 saturated heterocycles. The lowest BCUT2D eigenvalue weighted by molar-refractivity contribution is -0.135. The summed E-state index contributed by atoms with van der Waals surface area (Å²) in [4.78, 5) is 13.8. The highest BCUT2D eigenvalue weighted by molar-refractivity contribution is 5.81. The summed E-state index contributed by atoms with van der Waals surface area (Å²) < 4.78 is 0. The van der Waals surface area contributed by atoms with Gasteiger partial charge in [0.15, 0.2) is 0 Å². The Morgan fingerprint density at radius 1 is 1.27 bits per heavy atom. The zero-order valence-electron chi connectivity index (χ0n) is 10.3. The monoisotopic (exact) mass is 210 g/mol. The van der Waals surface area contributed by atoms with Crippen molar-refractivity contribution in [1.29, 1.82) is 5.26 Å². The fourth-order valence-corrected chi connectivity index (χ4v) is 1.56. The molecular weight excluding hydrogens is 188 g/mol. The van der Waals surface area contributed by atoms with Crippen molar-refractivity contribution in [3.8, 4) is 6.07 Å². The molecule has 0 fully saturated rings. The molecule has 0 radical (unpaired) electrons. The molecule has 0 heterocycles. The van der Waals surface area contributed by atoms with E-state index in [1.54, 1.807) is 0 Å². The quantitative estimate of drug-likeness (QED) is 0.676. The van der Waals surface area contributed by atoms with Crippen LogP contribution in [0.5, 0.6) is 0 Å². The lowest BCUT2D eigenvalue weighted by atomic mass is 9.96. The molecule has 15 heavy (non-hydrogen) atoms. The standard InChI is InChI=1S/C12H22N2O/c1-5-7-14(8-6-2)12(15)11(9-13)10(3)4/h10-11H,5-8H2,1-4H3. The van der Waals surface area contributed by atoms with Crippen molar-refractivity contribution in [2.24, 2.45) is 11.8 Å². The zero-order valence-corrected chi connectivity index (χ0v) is 10.3. The van der Waals surface area contributed by atoms with Gasteiger partial charge < -0.3 is 4.90 Å². The first-order valence-electron chi connectivity index (χ1n) is 5.76. The van der Waals surface area contributed by atoms with Crippen molar-refractivity contribution in [3.63, 3.8) is 0 Å². The lowest BCUT2D eigenvalue weighted by Gasteiger charge is -2.25. The number of carbonyl (C=O) groups excluding carboxylic acids is 1. The molecule has 0 aromatic heterocycles. The summed E-state index contributed by atoms with van der Waals surface area (Å²) in [5, 5.41) is 8.95. The van der Waals surface area contributed by atoms with Crippen LogP contribution in [0.4, 0.5) is 0 Å². The molecule has 0 aromatic carbocycles. The second-order valence-corrected chi connectivity index (χ2v) is 4.18. The predicted octanol–water partition coefficient (Wildman–Crippen LogP) is 2.43. The Morgan fingerprint density at radius 2 is 1.73 bits per heavy atom. The summed E-state index contributed by atoms with van der Waals surface area (Å²) in [6.07, 6.45) is 1.89. The SMILES string of the molecule is CCCN(CCC)C(=O)C(C#N)C(C)C. The molecule has 3 heteroatoms. The maximum absolute atomic E-state index is 12.0. The minimum Gasteiger partial charge on any atom is -0.342 e. The number of rotatable bonds is 6. The largest absolute Gasteiger partial charge is 0.342 e. The van der Waals surface area contributed by atoms with Gasteiger partial charge in [-0.05, 0) is 18.8 Å². The molecule has 1 amide bonds. The maximum Gasteiger partial charge on any atom is 0.240 e. The van der Waals surface area contributed by atoms with Gasteiger partial charge in [0.1, 0.15) is 5.92 Å². The Morgan fingerprint density at radius 3 is 2.00 bits per heavy atom. The van der Waals surface area contributed by atoms with Gasteiger partial charge >= 0.3 is 0 Å². The van der Waals surface area contributed by atoms with E-state index < -0.39 is 5.92 Å². The molecule has 1 atom stereocenters. The molecule has 86 valence electrons. The van der Waals surface area contributed by atoms with Crippen molar-refractivity contribution in [2.75, 3.05) is 13.1 Å². The van der Waals surface area contributed by atoms with Crippen LogP contribution < -0.4 is 0 Å². The predicted molar refractivity (Wildman–Crippen MR) is 61.1 cm³/mol. The van der Waals surface area contributed by atoms with Gasteiger partial charge in [-0.2, -0.15) is 5.26 Å².